The third kappa shape index (κ3) is 3.18. The summed E-state index contributed by atoms with van der Waals surface area (Å²) in [7, 11) is 0. The van der Waals surface area contributed by atoms with Gasteiger partial charge in [-0.3, -0.25) is 4.79 Å². The highest BCUT2D eigenvalue weighted by atomic mass is 16.2. The maximum atomic E-state index is 12.7. The van der Waals surface area contributed by atoms with E-state index >= 15 is 0 Å². The van der Waals surface area contributed by atoms with Gasteiger partial charge in [0, 0.05) is 25.8 Å². The summed E-state index contributed by atoms with van der Waals surface area (Å²) < 4.78 is 2.05. The Labute approximate surface area is 126 Å². The van der Waals surface area contributed by atoms with Crippen LogP contribution in [0.4, 0.5) is 0 Å². The Morgan fingerprint density at radius 1 is 1.10 bits per heavy atom. The molecule has 1 aliphatic heterocycles. The van der Waals surface area contributed by atoms with Crippen LogP contribution in [-0.2, 0) is 6.54 Å². The standard InChI is InChI=1S/C18H22N2O/c1-15-9-12-19(13-10-15)18(21)17-8-5-11-20(17)14-16-6-3-2-4-7-16/h2-8,11,15H,9-10,12-14H2,1H3. The van der Waals surface area contributed by atoms with E-state index in [0.717, 1.165) is 44.1 Å². The summed E-state index contributed by atoms with van der Waals surface area (Å²) in [6.07, 6.45) is 4.23. The van der Waals surface area contributed by atoms with Crippen LogP contribution in [0.3, 0.4) is 0 Å². The van der Waals surface area contributed by atoms with E-state index < -0.39 is 0 Å². The van der Waals surface area contributed by atoms with Crippen molar-refractivity contribution in [2.45, 2.75) is 26.3 Å². The number of amides is 1. The van der Waals surface area contributed by atoms with E-state index in [2.05, 4.69) is 23.6 Å². The molecular weight excluding hydrogens is 260 g/mol. The number of hydrogen-bond donors (Lipinski definition) is 0. The zero-order valence-electron chi connectivity index (χ0n) is 12.5. The van der Waals surface area contributed by atoms with Crippen LogP contribution < -0.4 is 0 Å². The van der Waals surface area contributed by atoms with E-state index in [0.29, 0.717) is 0 Å². The molecule has 1 aromatic heterocycles. The van der Waals surface area contributed by atoms with E-state index in [4.69, 9.17) is 0 Å². The van der Waals surface area contributed by atoms with Crippen molar-refractivity contribution in [3.8, 4) is 0 Å². The molecule has 1 amide bonds. The lowest BCUT2D eigenvalue weighted by Crippen LogP contribution is -2.38. The fraction of sp³-hybridized carbons (Fsp3) is 0.389. The summed E-state index contributed by atoms with van der Waals surface area (Å²) in [6, 6.07) is 14.2. The van der Waals surface area contributed by atoms with E-state index in [1.54, 1.807) is 0 Å². The van der Waals surface area contributed by atoms with Gasteiger partial charge < -0.3 is 9.47 Å². The van der Waals surface area contributed by atoms with Crippen LogP contribution in [0.15, 0.2) is 48.7 Å². The van der Waals surface area contributed by atoms with Gasteiger partial charge in [-0.05, 0) is 36.5 Å². The summed E-state index contributed by atoms with van der Waals surface area (Å²) in [5.41, 5.74) is 2.02. The summed E-state index contributed by atoms with van der Waals surface area (Å²) in [5.74, 6) is 0.910. The number of likely N-dealkylation sites (tertiary alicyclic amines) is 1. The first kappa shape index (κ1) is 13.9. The molecular formula is C18H22N2O. The average molecular weight is 282 g/mol. The quantitative estimate of drug-likeness (QED) is 0.847. The maximum absolute atomic E-state index is 12.7. The fourth-order valence-electron chi connectivity index (χ4n) is 2.90. The highest BCUT2D eigenvalue weighted by Gasteiger charge is 2.23. The summed E-state index contributed by atoms with van der Waals surface area (Å²) in [6.45, 7) is 4.78. The van der Waals surface area contributed by atoms with Crippen molar-refractivity contribution in [3.63, 3.8) is 0 Å². The molecule has 1 aromatic carbocycles. The van der Waals surface area contributed by atoms with Crippen LogP contribution in [0, 0.1) is 5.92 Å². The predicted molar refractivity (Wildman–Crippen MR) is 84.3 cm³/mol. The Morgan fingerprint density at radius 2 is 1.81 bits per heavy atom. The minimum Gasteiger partial charge on any atom is -0.339 e. The van der Waals surface area contributed by atoms with Crippen LogP contribution in [0.25, 0.3) is 0 Å². The molecule has 0 atom stereocenters. The average Bonchev–Trinajstić information content (AvgIpc) is 2.96. The SMILES string of the molecule is CC1CCN(C(=O)c2cccn2Cc2ccccc2)CC1. The van der Waals surface area contributed by atoms with Crippen LogP contribution in [0.2, 0.25) is 0 Å². The lowest BCUT2D eigenvalue weighted by Gasteiger charge is -2.30. The van der Waals surface area contributed by atoms with E-state index in [-0.39, 0.29) is 5.91 Å². The molecule has 3 nitrogen and oxygen atoms in total. The Bertz CT molecular complexity index is 595. The number of carbonyl (C=O) groups is 1. The summed E-state index contributed by atoms with van der Waals surface area (Å²) >= 11 is 0. The van der Waals surface area contributed by atoms with Crippen molar-refractivity contribution in [1.29, 1.82) is 0 Å². The number of nitrogens with zero attached hydrogens (tertiary/aromatic N) is 2. The molecule has 0 radical (unpaired) electrons. The lowest BCUT2D eigenvalue weighted by molar-refractivity contribution is 0.0687. The van der Waals surface area contributed by atoms with Crippen molar-refractivity contribution in [2.75, 3.05) is 13.1 Å². The third-order valence-corrected chi connectivity index (χ3v) is 4.32. The minimum absolute atomic E-state index is 0.169. The van der Waals surface area contributed by atoms with Gasteiger partial charge in [-0.25, -0.2) is 0 Å². The first-order chi connectivity index (χ1) is 10.2. The second-order valence-corrected chi connectivity index (χ2v) is 5.98. The van der Waals surface area contributed by atoms with Crippen molar-refractivity contribution in [1.82, 2.24) is 9.47 Å². The molecule has 0 unspecified atom stereocenters. The number of benzene rings is 1. The topological polar surface area (TPSA) is 25.2 Å². The van der Waals surface area contributed by atoms with Crippen molar-refractivity contribution in [2.24, 2.45) is 5.92 Å². The molecule has 0 aliphatic carbocycles. The summed E-state index contributed by atoms with van der Waals surface area (Å²) in [4.78, 5) is 14.7. The molecule has 3 heteroatoms. The maximum Gasteiger partial charge on any atom is 0.270 e. The Balaban J connectivity index is 1.74. The molecule has 0 saturated carbocycles. The van der Waals surface area contributed by atoms with Gasteiger partial charge in [0.05, 0.1) is 0 Å². The second-order valence-electron chi connectivity index (χ2n) is 5.98. The van der Waals surface area contributed by atoms with Gasteiger partial charge in [0.15, 0.2) is 0 Å². The Morgan fingerprint density at radius 3 is 2.52 bits per heavy atom. The predicted octanol–water partition coefficient (Wildman–Crippen LogP) is 3.41. The smallest absolute Gasteiger partial charge is 0.270 e. The van der Waals surface area contributed by atoms with Crippen molar-refractivity contribution in [3.05, 3.63) is 59.9 Å². The van der Waals surface area contributed by atoms with Crippen LogP contribution in [0.5, 0.6) is 0 Å². The normalized spacial score (nSPS) is 16.1. The second kappa shape index (κ2) is 6.17. The van der Waals surface area contributed by atoms with Gasteiger partial charge in [-0.2, -0.15) is 0 Å². The zero-order valence-corrected chi connectivity index (χ0v) is 12.5. The van der Waals surface area contributed by atoms with Crippen molar-refractivity contribution < 1.29 is 4.79 Å². The van der Waals surface area contributed by atoms with Crippen LogP contribution in [0.1, 0.15) is 35.8 Å². The first-order valence-corrected chi connectivity index (χ1v) is 7.72. The van der Waals surface area contributed by atoms with Gasteiger partial charge in [0.1, 0.15) is 5.69 Å². The largest absolute Gasteiger partial charge is 0.339 e. The lowest BCUT2D eigenvalue weighted by atomic mass is 9.99. The molecule has 1 aliphatic rings. The molecule has 3 rings (SSSR count). The molecule has 0 spiro atoms. The number of carbonyl (C=O) groups excluding carboxylic acids is 1. The van der Waals surface area contributed by atoms with E-state index in [1.807, 2.05) is 41.4 Å². The molecule has 0 bridgehead atoms. The van der Waals surface area contributed by atoms with E-state index in [1.165, 1.54) is 5.56 Å². The number of aromatic nitrogens is 1. The molecule has 0 N–H and O–H groups in total. The van der Waals surface area contributed by atoms with E-state index in [9.17, 15) is 4.79 Å². The van der Waals surface area contributed by atoms with Gasteiger partial charge in [0.2, 0.25) is 0 Å². The minimum atomic E-state index is 0.169. The Kier molecular flexibility index (Phi) is 4.09. The van der Waals surface area contributed by atoms with Gasteiger partial charge in [-0.15, -0.1) is 0 Å². The molecule has 2 aromatic rings. The van der Waals surface area contributed by atoms with Crippen LogP contribution in [-0.4, -0.2) is 28.5 Å². The van der Waals surface area contributed by atoms with Gasteiger partial charge >= 0.3 is 0 Å². The summed E-state index contributed by atoms with van der Waals surface area (Å²) in [5, 5.41) is 0. The molecule has 21 heavy (non-hydrogen) atoms. The monoisotopic (exact) mass is 282 g/mol. The number of piperidine rings is 1. The fourth-order valence-corrected chi connectivity index (χ4v) is 2.90. The molecule has 1 saturated heterocycles. The molecule has 110 valence electrons. The third-order valence-electron chi connectivity index (χ3n) is 4.32. The Hall–Kier alpha value is -2.03. The van der Waals surface area contributed by atoms with Gasteiger partial charge in [0.25, 0.3) is 5.91 Å². The highest BCUT2D eigenvalue weighted by Crippen LogP contribution is 2.19. The van der Waals surface area contributed by atoms with Crippen LogP contribution >= 0.6 is 0 Å². The van der Waals surface area contributed by atoms with Gasteiger partial charge in [-0.1, -0.05) is 37.3 Å². The highest BCUT2D eigenvalue weighted by molar-refractivity contribution is 5.92. The number of hydrogen-bond acceptors (Lipinski definition) is 1. The molecule has 2 heterocycles. The van der Waals surface area contributed by atoms with Crippen molar-refractivity contribution >= 4 is 5.91 Å². The first-order valence-electron chi connectivity index (χ1n) is 7.72. The molecule has 1 fully saturated rings. The zero-order chi connectivity index (χ0) is 14.7. The number of rotatable bonds is 3.